The van der Waals surface area contributed by atoms with E-state index in [9.17, 15) is 4.79 Å². The number of primary amides is 1. The average Bonchev–Trinajstić information content (AvgIpc) is 3.23. The lowest BCUT2D eigenvalue weighted by Crippen LogP contribution is -2.12. The summed E-state index contributed by atoms with van der Waals surface area (Å²) >= 11 is 4.42. The molecule has 0 aliphatic rings. The molecular weight excluding hydrogens is 350 g/mol. The van der Waals surface area contributed by atoms with Crippen LogP contribution in [0.25, 0.3) is 5.69 Å². The SMILES string of the molecule is NC(=O)CSc1nnc(SCc2ccc(-n3cccn3)cc2)s1. The highest BCUT2D eigenvalue weighted by atomic mass is 32.2. The number of benzene rings is 1. The van der Waals surface area contributed by atoms with Crippen molar-refractivity contribution in [3.8, 4) is 5.69 Å². The molecule has 0 aliphatic carbocycles. The van der Waals surface area contributed by atoms with E-state index in [0.29, 0.717) is 0 Å². The van der Waals surface area contributed by atoms with Gasteiger partial charge in [0.15, 0.2) is 8.68 Å². The zero-order valence-corrected chi connectivity index (χ0v) is 14.4. The quantitative estimate of drug-likeness (QED) is 0.649. The van der Waals surface area contributed by atoms with E-state index in [-0.39, 0.29) is 11.7 Å². The molecule has 6 nitrogen and oxygen atoms in total. The van der Waals surface area contributed by atoms with Gasteiger partial charge in [-0.1, -0.05) is 47.0 Å². The van der Waals surface area contributed by atoms with Crippen LogP contribution in [-0.4, -0.2) is 31.6 Å². The largest absolute Gasteiger partial charge is 0.369 e. The number of thioether (sulfide) groups is 2. The molecule has 0 bridgehead atoms. The molecule has 2 heterocycles. The second kappa shape index (κ2) is 7.62. The number of aromatic nitrogens is 4. The highest BCUT2D eigenvalue weighted by Gasteiger charge is 2.07. The Morgan fingerprint density at radius 1 is 1.17 bits per heavy atom. The third-order valence-corrected chi connectivity index (χ3v) is 6.08. The summed E-state index contributed by atoms with van der Waals surface area (Å²) in [6.07, 6.45) is 3.67. The molecule has 1 amide bonds. The van der Waals surface area contributed by atoms with Crippen molar-refractivity contribution in [1.29, 1.82) is 0 Å². The van der Waals surface area contributed by atoms with Gasteiger partial charge in [-0.25, -0.2) is 4.68 Å². The summed E-state index contributed by atoms with van der Waals surface area (Å²) in [4.78, 5) is 10.7. The van der Waals surface area contributed by atoms with E-state index in [0.717, 1.165) is 20.1 Å². The monoisotopic (exact) mass is 363 g/mol. The average molecular weight is 363 g/mol. The summed E-state index contributed by atoms with van der Waals surface area (Å²) in [6, 6.07) is 10.1. The minimum atomic E-state index is -0.350. The minimum Gasteiger partial charge on any atom is -0.369 e. The first kappa shape index (κ1) is 16.0. The molecule has 1 aromatic carbocycles. The number of rotatable bonds is 7. The van der Waals surface area contributed by atoms with Gasteiger partial charge in [0.1, 0.15) is 0 Å². The number of amides is 1. The fourth-order valence-corrected chi connectivity index (χ4v) is 4.47. The molecule has 0 saturated carbocycles. The molecule has 0 saturated heterocycles. The first-order valence-electron chi connectivity index (χ1n) is 6.67. The van der Waals surface area contributed by atoms with Crippen LogP contribution in [0, 0.1) is 0 Å². The van der Waals surface area contributed by atoms with Gasteiger partial charge < -0.3 is 5.73 Å². The maximum absolute atomic E-state index is 10.7. The Hall–Kier alpha value is -1.84. The van der Waals surface area contributed by atoms with Gasteiger partial charge in [-0.3, -0.25) is 4.79 Å². The molecule has 0 spiro atoms. The number of carbonyl (C=O) groups excluding carboxylic acids is 1. The number of nitrogens with two attached hydrogens (primary N) is 1. The van der Waals surface area contributed by atoms with Crippen LogP contribution in [-0.2, 0) is 10.5 Å². The molecule has 0 atom stereocenters. The lowest BCUT2D eigenvalue weighted by molar-refractivity contribution is -0.115. The first-order chi connectivity index (χ1) is 11.2. The van der Waals surface area contributed by atoms with Crippen molar-refractivity contribution in [2.45, 2.75) is 14.4 Å². The van der Waals surface area contributed by atoms with Crippen LogP contribution in [0.3, 0.4) is 0 Å². The summed E-state index contributed by atoms with van der Waals surface area (Å²) in [5.41, 5.74) is 7.35. The Bertz CT molecular complexity index is 770. The fourth-order valence-electron chi connectivity index (χ4n) is 1.76. The first-order valence-corrected chi connectivity index (χ1v) is 9.46. The Morgan fingerprint density at radius 2 is 1.91 bits per heavy atom. The predicted octanol–water partition coefficient (Wildman–Crippen LogP) is 2.59. The van der Waals surface area contributed by atoms with Gasteiger partial charge in [-0.05, 0) is 23.8 Å². The number of carbonyl (C=O) groups is 1. The van der Waals surface area contributed by atoms with Gasteiger partial charge in [0, 0.05) is 18.1 Å². The van der Waals surface area contributed by atoms with Crippen molar-refractivity contribution in [3.05, 3.63) is 48.3 Å². The minimum absolute atomic E-state index is 0.230. The van der Waals surface area contributed by atoms with Gasteiger partial charge in [-0.15, -0.1) is 10.2 Å². The maximum Gasteiger partial charge on any atom is 0.227 e. The Kier molecular flexibility index (Phi) is 5.31. The van der Waals surface area contributed by atoms with Crippen LogP contribution in [0.2, 0.25) is 0 Å². The van der Waals surface area contributed by atoms with Crippen molar-refractivity contribution in [3.63, 3.8) is 0 Å². The van der Waals surface area contributed by atoms with Gasteiger partial charge in [-0.2, -0.15) is 5.10 Å². The predicted molar refractivity (Wildman–Crippen MR) is 93.0 cm³/mol. The molecular formula is C14H13N5OS3. The highest BCUT2D eigenvalue weighted by molar-refractivity contribution is 8.03. The summed E-state index contributed by atoms with van der Waals surface area (Å²) in [5, 5.41) is 12.4. The molecule has 23 heavy (non-hydrogen) atoms. The molecule has 3 rings (SSSR count). The van der Waals surface area contributed by atoms with Crippen LogP contribution >= 0.6 is 34.9 Å². The van der Waals surface area contributed by atoms with Gasteiger partial charge in [0.05, 0.1) is 11.4 Å². The Morgan fingerprint density at radius 3 is 2.57 bits per heavy atom. The van der Waals surface area contributed by atoms with Crippen molar-refractivity contribution >= 4 is 40.8 Å². The van der Waals surface area contributed by atoms with Crippen LogP contribution in [0.1, 0.15) is 5.56 Å². The summed E-state index contributed by atoms with van der Waals surface area (Å²) in [6.45, 7) is 0. The van der Waals surface area contributed by atoms with Crippen LogP contribution in [0.4, 0.5) is 0 Å². The second-order valence-electron chi connectivity index (χ2n) is 4.49. The number of nitrogens with zero attached hydrogens (tertiary/aromatic N) is 4. The third kappa shape index (κ3) is 4.57. The fraction of sp³-hybridized carbons (Fsp3) is 0.143. The standard InChI is InChI=1S/C14H13N5OS3/c15-12(20)9-22-14-18-17-13(23-14)21-8-10-2-4-11(5-3-10)19-7-1-6-16-19/h1-7H,8-9H2,(H2,15,20). The second-order valence-corrected chi connectivity index (χ2v) is 7.92. The van der Waals surface area contributed by atoms with E-state index in [1.807, 2.05) is 29.1 Å². The Balaban J connectivity index is 1.55. The van der Waals surface area contributed by atoms with Crippen LogP contribution in [0.15, 0.2) is 51.4 Å². The zero-order chi connectivity index (χ0) is 16.1. The summed E-state index contributed by atoms with van der Waals surface area (Å²) in [5.74, 6) is 0.694. The molecule has 118 valence electrons. The smallest absolute Gasteiger partial charge is 0.227 e. The van der Waals surface area contributed by atoms with E-state index < -0.39 is 0 Å². The molecule has 9 heteroatoms. The lowest BCUT2D eigenvalue weighted by Gasteiger charge is -2.03. The maximum atomic E-state index is 10.7. The summed E-state index contributed by atoms with van der Waals surface area (Å²) in [7, 11) is 0. The van der Waals surface area contributed by atoms with Crippen molar-refractivity contribution in [2.75, 3.05) is 5.75 Å². The lowest BCUT2D eigenvalue weighted by atomic mass is 10.2. The van der Waals surface area contributed by atoms with Crippen molar-refractivity contribution < 1.29 is 4.79 Å². The number of hydrogen-bond donors (Lipinski definition) is 1. The van der Waals surface area contributed by atoms with Crippen molar-refractivity contribution in [2.24, 2.45) is 5.73 Å². The van der Waals surface area contributed by atoms with Gasteiger partial charge in [0.2, 0.25) is 5.91 Å². The third-order valence-electron chi connectivity index (χ3n) is 2.79. The van der Waals surface area contributed by atoms with E-state index in [1.54, 1.807) is 18.0 Å². The highest BCUT2D eigenvalue weighted by Crippen LogP contribution is 2.30. The molecule has 2 N–H and O–H groups in total. The van der Waals surface area contributed by atoms with Crippen LogP contribution in [0.5, 0.6) is 0 Å². The van der Waals surface area contributed by atoms with Gasteiger partial charge >= 0.3 is 0 Å². The van der Waals surface area contributed by atoms with Gasteiger partial charge in [0.25, 0.3) is 0 Å². The summed E-state index contributed by atoms with van der Waals surface area (Å²) < 4.78 is 3.47. The normalized spacial score (nSPS) is 10.8. The molecule has 0 aliphatic heterocycles. The molecule has 0 fully saturated rings. The van der Waals surface area contributed by atoms with Crippen molar-refractivity contribution in [1.82, 2.24) is 20.0 Å². The molecule has 0 unspecified atom stereocenters. The van der Waals surface area contributed by atoms with E-state index >= 15 is 0 Å². The van der Waals surface area contributed by atoms with E-state index in [4.69, 9.17) is 5.73 Å². The topological polar surface area (TPSA) is 86.7 Å². The molecule has 2 aromatic heterocycles. The van der Waals surface area contributed by atoms with E-state index in [1.165, 1.54) is 28.7 Å². The molecule has 0 radical (unpaired) electrons. The number of hydrogen-bond acceptors (Lipinski definition) is 7. The zero-order valence-electron chi connectivity index (χ0n) is 12.0. The Labute approximate surface area is 145 Å². The van der Waals surface area contributed by atoms with Crippen LogP contribution < -0.4 is 5.73 Å². The molecule has 3 aromatic rings. The van der Waals surface area contributed by atoms with E-state index in [2.05, 4.69) is 27.4 Å².